The van der Waals surface area contributed by atoms with Gasteiger partial charge in [0, 0.05) is 63.0 Å². The summed E-state index contributed by atoms with van der Waals surface area (Å²) in [5.74, 6) is -0.974. The summed E-state index contributed by atoms with van der Waals surface area (Å²) in [6, 6.07) is 29.6. The molecular formula is C44H34N4O6. The van der Waals surface area contributed by atoms with Crippen LogP contribution in [-0.2, 0) is 0 Å². The van der Waals surface area contributed by atoms with Gasteiger partial charge in [0.1, 0.15) is 28.8 Å². The number of phenols is 4. The van der Waals surface area contributed by atoms with Gasteiger partial charge in [-0.25, -0.2) is 14.8 Å². The molecule has 8 aromatic rings. The van der Waals surface area contributed by atoms with Gasteiger partial charge in [-0.1, -0.05) is 37.5 Å². The molecule has 3 aromatic heterocycles. The molecule has 10 nitrogen and oxygen atoms in total. The number of rotatable bonds is 6. The topological polar surface area (TPSA) is 162 Å². The van der Waals surface area contributed by atoms with Crippen LogP contribution in [0.1, 0.15) is 48.5 Å². The maximum Gasteiger partial charge on any atom is 0.337 e. The summed E-state index contributed by atoms with van der Waals surface area (Å²) < 4.78 is 2.24. The number of carbonyl (C=O) groups is 1. The summed E-state index contributed by atoms with van der Waals surface area (Å²) in [6.45, 7) is 0. The highest BCUT2D eigenvalue weighted by molar-refractivity contribution is 6.13. The van der Waals surface area contributed by atoms with E-state index in [0.29, 0.717) is 44.8 Å². The van der Waals surface area contributed by atoms with Crippen molar-refractivity contribution in [3.63, 3.8) is 0 Å². The van der Waals surface area contributed by atoms with Crippen LogP contribution >= 0.6 is 0 Å². The number of aromatic nitrogens is 4. The molecule has 1 aliphatic carbocycles. The van der Waals surface area contributed by atoms with Gasteiger partial charge in [0.2, 0.25) is 0 Å². The average molecular weight is 715 g/mol. The van der Waals surface area contributed by atoms with Crippen molar-refractivity contribution in [2.24, 2.45) is 0 Å². The molecule has 0 unspecified atom stereocenters. The van der Waals surface area contributed by atoms with Crippen LogP contribution in [0.15, 0.2) is 109 Å². The van der Waals surface area contributed by atoms with Crippen LogP contribution in [0.4, 0.5) is 0 Å². The van der Waals surface area contributed by atoms with Crippen LogP contribution in [0.2, 0.25) is 0 Å². The molecule has 0 spiro atoms. The summed E-state index contributed by atoms with van der Waals surface area (Å²) in [6.07, 6.45) is 6.77. The molecule has 5 N–H and O–H groups in total. The lowest BCUT2D eigenvalue weighted by Gasteiger charge is -2.26. The second-order valence-electron chi connectivity index (χ2n) is 13.9. The first kappa shape index (κ1) is 32.9. The molecule has 0 atom stereocenters. The molecule has 1 saturated carbocycles. The lowest BCUT2D eigenvalue weighted by Crippen LogP contribution is -2.14. The zero-order valence-electron chi connectivity index (χ0n) is 28.9. The number of hydrogen-bond acceptors (Lipinski definition) is 8. The van der Waals surface area contributed by atoms with Crippen molar-refractivity contribution in [1.82, 2.24) is 19.5 Å². The molecule has 5 aromatic carbocycles. The third-order valence-corrected chi connectivity index (χ3v) is 10.5. The number of hydrogen-bond donors (Lipinski definition) is 5. The minimum absolute atomic E-state index is 0.0145. The monoisotopic (exact) mass is 714 g/mol. The SMILES string of the molecule is O=C(O)c1c(-c2ccc(O)cc2O)cc2c(nc(-c3ccc4nc(-c5ccc(O)cc5O)ccc4c3)n2C2CCCCC2)c1-c1ccc2ncccc2c1. The van der Waals surface area contributed by atoms with Gasteiger partial charge >= 0.3 is 5.97 Å². The Hall–Kier alpha value is -6.94. The van der Waals surface area contributed by atoms with Crippen molar-refractivity contribution < 1.29 is 30.3 Å². The maximum absolute atomic E-state index is 13.4. The number of benzene rings is 5. The Balaban J connectivity index is 1.33. The van der Waals surface area contributed by atoms with Gasteiger partial charge in [-0.15, -0.1) is 0 Å². The van der Waals surface area contributed by atoms with E-state index in [1.54, 1.807) is 12.3 Å². The van der Waals surface area contributed by atoms with Crippen LogP contribution in [0.25, 0.3) is 77.7 Å². The van der Waals surface area contributed by atoms with Crippen LogP contribution < -0.4 is 0 Å². The van der Waals surface area contributed by atoms with E-state index in [1.807, 2.05) is 66.7 Å². The molecule has 1 aliphatic rings. The van der Waals surface area contributed by atoms with Crippen LogP contribution in [0.3, 0.4) is 0 Å². The second-order valence-corrected chi connectivity index (χ2v) is 13.9. The van der Waals surface area contributed by atoms with Gasteiger partial charge < -0.3 is 30.1 Å². The first-order valence-electron chi connectivity index (χ1n) is 17.9. The lowest BCUT2D eigenvalue weighted by atomic mass is 9.89. The number of fused-ring (bicyclic) bond motifs is 3. The van der Waals surface area contributed by atoms with E-state index in [9.17, 15) is 30.3 Å². The molecule has 266 valence electrons. The largest absolute Gasteiger partial charge is 0.508 e. The first-order valence-corrected chi connectivity index (χ1v) is 17.9. The number of aromatic carboxylic acids is 1. The summed E-state index contributed by atoms with van der Waals surface area (Å²) in [5, 5.41) is 54.2. The Morgan fingerprint density at radius 1 is 0.648 bits per heavy atom. The fourth-order valence-electron chi connectivity index (χ4n) is 7.99. The summed E-state index contributed by atoms with van der Waals surface area (Å²) >= 11 is 0. The van der Waals surface area contributed by atoms with Gasteiger partial charge in [-0.2, -0.15) is 0 Å². The third-order valence-electron chi connectivity index (χ3n) is 10.5. The quantitative estimate of drug-likeness (QED) is 0.113. The van der Waals surface area contributed by atoms with Crippen LogP contribution in [0, 0.1) is 0 Å². The fourth-order valence-corrected chi connectivity index (χ4v) is 7.99. The molecule has 54 heavy (non-hydrogen) atoms. The van der Waals surface area contributed by atoms with E-state index in [-0.39, 0.29) is 40.2 Å². The lowest BCUT2D eigenvalue weighted by molar-refractivity contribution is 0.0698. The molecule has 9 rings (SSSR count). The summed E-state index contributed by atoms with van der Waals surface area (Å²) in [7, 11) is 0. The zero-order valence-corrected chi connectivity index (χ0v) is 28.9. The minimum atomic E-state index is -1.18. The van der Waals surface area contributed by atoms with Crippen molar-refractivity contribution >= 4 is 38.8 Å². The van der Waals surface area contributed by atoms with Crippen molar-refractivity contribution in [2.75, 3.05) is 0 Å². The average Bonchev–Trinajstić information content (AvgIpc) is 3.56. The zero-order chi connectivity index (χ0) is 37.1. The third kappa shape index (κ3) is 5.59. The van der Waals surface area contributed by atoms with Crippen LogP contribution in [-0.4, -0.2) is 51.0 Å². The number of carboxylic acid groups (broad SMARTS) is 1. The minimum Gasteiger partial charge on any atom is -0.508 e. The van der Waals surface area contributed by atoms with E-state index in [0.717, 1.165) is 59.5 Å². The first-order chi connectivity index (χ1) is 26.2. The van der Waals surface area contributed by atoms with Gasteiger partial charge in [0.25, 0.3) is 0 Å². The molecule has 0 radical (unpaired) electrons. The highest BCUT2D eigenvalue weighted by Crippen LogP contribution is 2.46. The van der Waals surface area contributed by atoms with E-state index >= 15 is 0 Å². The highest BCUT2D eigenvalue weighted by Gasteiger charge is 2.30. The molecule has 0 amide bonds. The summed E-state index contributed by atoms with van der Waals surface area (Å²) in [4.78, 5) is 28.1. The normalized spacial score (nSPS) is 13.6. The molecule has 0 bridgehead atoms. The Bertz CT molecular complexity index is 2800. The Kier molecular flexibility index (Phi) is 7.88. The van der Waals surface area contributed by atoms with Crippen molar-refractivity contribution in [2.45, 2.75) is 38.1 Å². The molecule has 3 heterocycles. The van der Waals surface area contributed by atoms with Gasteiger partial charge in [-0.05, 0) is 91.2 Å². The number of carboxylic acids is 1. The van der Waals surface area contributed by atoms with Crippen molar-refractivity contribution in [1.29, 1.82) is 0 Å². The molecule has 10 heteroatoms. The van der Waals surface area contributed by atoms with Gasteiger partial charge in [0.05, 0.1) is 33.3 Å². The Morgan fingerprint density at radius 2 is 1.33 bits per heavy atom. The molecular weight excluding hydrogens is 681 g/mol. The standard InChI is InChI=1S/C44H34N4O6/c49-29-11-13-31(38(51)21-29)33-23-37-42(40(41(33)44(53)54)26-9-15-34-24(19-26)5-4-18-45-34)47-43(48(37)28-6-2-1-3-7-28)27-10-16-35-25(20-27)8-17-36(46-35)32-14-12-30(50)22-39(32)52/h4-5,8-23,28,49-52H,1-3,6-7H2,(H,53,54). The number of phenolic OH excluding ortho intramolecular Hbond substituents is 4. The Labute approximate surface area is 308 Å². The predicted molar refractivity (Wildman–Crippen MR) is 208 cm³/mol. The fraction of sp³-hybridized carbons (Fsp3) is 0.136. The van der Waals surface area contributed by atoms with Crippen molar-refractivity contribution in [3.8, 4) is 67.9 Å². The van der Waals surface area contributed by atoms with E-state index in [1.165, 1.54) is 30.3 Å². The van der Waals surface area contributed by atoms with Crippen LogP contribution in [0.5, 0.6) is 23.0 Å². The summed E-state index contributed by atoms with van der Waals surface area (Å²) in [5.41, 5.74) is 6.25. The van der Waals surface area contributed by atoms with Gasteiger partial charge in [0.15, 0.2) is 0 Å². The molecule has 1 fully saturated rings. The van der Waals surface area contributed by atoms with Crippen molar-refractivity contribution in [3.05, 3.63) is 115 Å². The second kappa shape index (κ2) is 12.9. The molecule has 0 aliphatic heterocycles. The number of nitrogens with zero attached hydrogens (tertiary/aromatic N) is 4. The van der Waals surface area contributed by atoms with E-state index in [4.69, 9.17) is 9.97 Å². The highest BCUT2D eigenvalue weighted by atomic mass is 16.4. The maximum atomic E-state index is 13.4. The number of aromatic hydroxyl groups is 4. The number of pyridine rings is 2. The number of imidazole rings is 1. The smallest absolute Gasteiger partial charge is 0.337 e. The van der Waals surface area contributed by atoms with E-state index < -0.39 is 5.97 Å². The predicted octanol–water partition coefficient (Wildman–Crippen LogP) is 9.83. The van der Waals surface area contributed by atoms with E-state index in [2.05, 4.69) is 9.55 Å². The Morgan fingerprint density at radius 3 is 2.07 bits per heavy atom. The molecule has 0 saturated heterocycles. The van der Waals surface area contributed by atoms with Gasteiger partial charge in [-0.3, -0.25) is 4.98 Å².